The topological polar surface area (TPSA) is 26.3 Å². The van der Waals surface area contributed by atoms with Crippen molar-refractivity contribution in [2.75, 3.05) is 0 Å². The number of carbonyl (C=O) groups excluding carboxylic acids is 1. The molecule has 0 radical (unpaired) electrons. The van der Waals surface area contributed by atoms with Crippen LogP contribution in [0.4, 0.5) is 0 Å². The summed E-state index contributed by atoms with van der Waals surface area (Å²) in [5, 5.41) is 3.99. The Bertz CT molecular complexity index is 914. The summed E-state index contributed by atoms with van der Waals surface area (Å²) in [5.74, 6) is 0.165. The van der Waals surface area contributed by atoms with E-state index in [4.69, 9.17) is 4.74 Å². The number of rotatable bonds is 2. The molecule has 116 valence electrons. The van der Waals surface area contributed by atoms with Crippen LogP contribution in [-0.4, -0.2) is 5.97 Å². The zero-order chi connectivity index (χ0) is 16.6. The number of benzene rings is 3. The summed E-state index contributed by atoms with van der Waals surface area (Å²) in [6.07, 6.45) is 1.20. The molecule has 3 rings (SSSR count). The first-order chi connectivity index (χ1) is 10.9. The van der Waals surface area contributed by atoms with Crippen LogP contribution in [0.15, 0.2) is 61.2 Å². The Kier molecular flexibility index (Phi) is 3.69. The highest BCUT2D eigenvalue weighted by molar-refractivity contribution is 6.07. The van der Waals surface area contributed by atoms with Gasteiger partial charge in [0.1, 0.15) is 5.75 Å². The van der Waals surface area contributed by atoms with Crippen LogP contribution in [0.3, 0.4) is 0 Å². The van der Waals surface area contributed by atoms with Crippen LogP contribution < -0.4 is 4.74 Å². The van der Waals surface area contributed by atoms with Gasteiger partial charge in [-0.1, -0.05) is 63.7 Å². The number of ether oxygens (including phenoxy) is 1. The van der Waals surface area contributed by atoms with Gasteiger partial charge in [0.15, 0.2) is 0 Å². The molecule has 0 aliphatic rings. The molecule has 0 amide bonds. The first kappa shape index (κ1) is 15.3. The minimum absolute atomic E-state index is 0.0273. The molecule has 0 atom stereocenters. The van der Waals surface area contributed by atoms with Gasteiger partial charge in [-0.3, -0.25) is 0 Å². The van der Waals surface area contributed by atoms with E-state index >= 15 is 0 Å². The largest absolute Gasteiger partial charge is 0.422 e. The van der Waals surface area contributed by atoms with Gasteiger partial charge in [0.2, 0.25) is 0 Å². The quantitative estimate of drug-likeness (QED) is 0.275. The monoisotopic (exact) mass is 304 g/mol. The smallest absolute Gasteiger partial charge is 0.335 e. The van der Waals surface area contributed by atoms with Crippen molar-refractivity contribution in [3.8, 4) is 5.75 Å². The molecule has 2 nitrogen and oxygen atoms in total. The van der Waals surface area contributed by atoms with Crippen LogP contribution >= 0.6 is 0 Å². The summed E-state index contributed by atoms with van der Waals surface area (Å²) in [6.45, 7) is 10.0. The van der Waals surface area contributed by atoms with E-state index in [1.807, 2.05) is 24.3 Å². The van der Waals surface area contributed by atoms with Gasteiger partial charge in [0.05, 0.1) is 0 Å². The van der Waals surface area contributed by atoms with Crippen molar-refractivity contribution in [2.45, 2.75) is 26.2 Å². The van der Waals surface area contributed by atoms with Gasteiger partial charge in [0, 0.05) is 16.8 Å². The molecule has 0 saturated carbocycles. The Morgan fingerprint density at radius 2 is 1.70 bits per heavy atom. The average Bonchev–Trinajstić information content (AvgIpc) is 2.53. The summed E-state index contributed by atoms with van der Waals surface area (Å²) < 4.78 is 5.60. The molecule has 0 saturated heterocycles. The predicted molar refractivity (Wildman–Crippen MR) is 96.0 cm³/mol. The Morgan fingerprint density at radius 3 is 2.39 bits per heavy atom. The second-order valence-electron chi connectivity index (χ2n) is 6.74. The van der Waals surface area contributed by atoms with Gasteiger partial charge < -0.3 is 4.74 Å². The van der Waals surface area contributed by atoms with E-state index < -0.39 is 5.97 Å². The maximum absolute atomic E-state index is 11.8. The van der Waals surface area contributed by atoms with E-state index in [1.165, 1.54) is 11.6 Å². The lowest BCUT2D eigenvalue weighted by atomic mass is 9.85. The highest BCUT2D eigenvalue weighted by Crippen LogP contribution is 2.37. The molecule has 0 heterocycles. The standard InChI is InChI=1S/C21H20O2/c1-5-19(22)23-20-17-9-7-6-8-14(17)12-15-10-11-16(13-18(15)20)21(2,3)4/h5-13H,1H2,2-4H3. The Morgan fingerprint density at radius 1 is 1.00 bits per heavy atom. The van der Waals surface area contributed by atoms with E-state index in [-0.39, 0.29) is 5.41 Å². The molecule has 3 aromatic carbocycles. The van der Waals surface area contributed by atoms with Gasteiger partial charge in [0.25, 0.3) is 0 Å². The average molecular weight is 304 g/mol. The first-order valence-electron chi connectivity index (χ1n) is 7.70. The molecule has 0 N–H and O–H groups in total. The molecular weight excluding hydrogens is 284 g/mol. The van der Waals surface area contributed by atoms with E-state index in [0.29, 0.717) is 5.75 Å². The van der Waals surface area contributed by atoms with Gasteiger partial charge in [-0.25, -0.2) is 4.79 Å². The third-order valence-corrected chi connectivity index (χ3v) is 4.05. The van der Waals surface area contributed by atoms with Crippen molar-refractivity contribution in [1.29, 1.82) is 0 Å². The van der Waals surface area contributed by atoms with Crippen molar-refractivity contribution in [3.63, 3.8) is 0 Å². The van der Waals surface area contributed by atoms with Crippen LogP contribution in [0.1, 0.15) is 26.3 Å². The lowest BCUT2D eigenvalue weighted by Gasteiger charge is -2.20. The molecule has 0 aliphatic heterocycles. The number of hydrogen-bond donors (Lipinski definition) is 0. The molecule has 0 fully saturated rings. The maximum atomic E-state index is 11.8. The van der Waals surface area contributed by atoms with Crippen LogP contribution in [-0.2, 0) is 10.2 Å². The van der Waals surface area contributed by atoms with E-state index in [9.17, 15) is 4.79 Å². The fraction of sp³-hybridized carbons (Fsp3) is 0.190. The second kappa shape index (κ2) is 5.54. The highest BCUT2D eigenvalue weighted by atomic mass is 16.5. The van der Waals surface area contributed by atoms with Crippen molar-refractivity contribution in [3.05, 3.63) is 66.7 Å². The van der Waals surface area contributed by atoms with E-state index in [2.05, 4.69) is 51.6 Å². The Hall–Kier alpha value is -2.61. The molecule has 0 spiro atoms. The third kappa shape index (κ3) is 2.85. The minimum Gasteiger partial charge on any atom is -0.422 e. The predicted octanol–water partition coefficient (Wildman–Crippen LogP) is 5.38. The number of esters is 1. The SMILES string of the molecule is C=CC(=O)Oc1c2ccccc2cc2ccc(C(C)(C)C)cc12. The van der Waals surface area contributed by atoms with Crippen LogP contribution in [0, 0.1) is 0 Å². The molecule has 3 aromatic rings. The normalized spacial score (nSPS) is 11.6. The molecule has 0 aliphatic carbocycles. The third-order valence-electron chi connectivity index (χ3n) is 4.05. The van der Waals surface area contributed by atoms with Crippen molar-refractivity contribution < 1.29 is 9.53 Å². The second-order valence-corrected chi connectivity index (χ2v) is 6.74. The van der Waals surface area contributed by atoms with Crippen LogP contribution in [0.25, 0.3) is 21.5 Å². The molecule has 0 unspecified atom stereocenters. The lowest BCUT2D eigenvalue weighted by molar-refractivity contribution is -0.128. The summed E-state index contributed by atoms with van der Waals surface area (Å²) in [5.41, 5.74) is 1.23. The fourth-order valence-corrected chi connectivity index (χ4v) is 2.74. The van der Waals surface area contributed by atoms with Crippen molar-refractivity contribution >= 4 is 27.5 Å². The Labute approximate surface area is 136 Å². The van der Waals surface area contributed by atoms with Gasteiger partial charge in [-0.05, 0) is 33.9 Å². The highest BCUT2D eigenvalue weighted by Gasteiger charge is 2.17. The number of hydrogen-bond acceptors (Lipinski definition) is 2. The first-order valence-corrected chi connectivity index (χ1v) is 7.70. The number of fused-ring (bicyclic) bond motifs is 2. The summed E-state index contributed by atoms with van der Waals surface area (Å²) in [7, 11) is 0. The summed E-state index contributed by atoms with van der Waals surface area (Å²) in [4.78, 5) is 11.8. The fourth-order valence-electron chi connectivity index (χ4n) is 2.74. The number of carbonyl (C=O) groups is 1. The lowest BCUT2D eigenvalue weighted by Crippen LogP contribution is -2.11. The minimum atomic E-state index is -0.441. The molecular formula is C21H20O2. The van der Waals surface area contributed by atoms with Gasteiger partial charge >= 0.3 is 5.97 Å². The van der Waals surface area contributed by atoms with Crippen LogP contribution in [0.5, 0.6) is 5.75 Å². The van der Waals surface area contributed by atoms with Crippen LogP contribution in [0.2, 0.25) is 0 Å². The zero-order valence-electron chi connectivity index (χ0n) is 13.7. The van der Waals surface area contributed by atoms with Gasteiger partial charge in [-0.15, -0.1) is 0 Å². The van der Waals surface area contributed by atoms with E-state index in [0.717, 1.165) is 21.5 Å². The molecule has 0 aromatic heterocycles. The van der Waals surface area contributed by atoms with E-state index in [1.54, 1.807) is 0 Å². The molecule has 0 bridgehead atoms. The molecule has 2 heteroatoms. The zero-order valence-corrected chi connectivity index (χ0v) is 13.7. The van der Waals surface area contributed by atoms with Gasteiger partial charge in [-0.2, -0.15) is 0 Å². The Balaban J connectivity index is 2.37. The maximum Gasteiger partial charge on any atom is 0.335 e. The molecule has 23 heavy (non-hydrogen) atoms. The van der Waals surface area contributed by atoms with Crippen molar-refractivity contribution in [2.24, 2.45) is 0 Å². The summed E-state index contributed by atoms with van der Waals surface area (Å²) in [6, 6.07) is 16.4. The summed E-state index contributed by atoms with van der Waals surface area (Å²) >= 11 is 0. The van der Waals surface area contributed by atoms with Crippen molar-refractivity contribution in [1.82, 2.24) is 0 Å².